The van der Waals surface area contributed by atoms with Gasteiger partial charge in [-0.15, -0.1) is 0 Å². The van der Waals surface area contributed by atoms with Crippen LogP contribution in [0.3, 0.4) is 0 Å². The van der Waals surface area contributed by atoms with Gasteiger partial charge in [0.2, 0.25) is 11.8 Å². The molecule has 0 aromatic carbocycles. The third kappa shape index (κ3) is 3.37. The van der Waals surface area contributed by atoms with E-state index >= 15 is 0 Å². The van der Waals surface area contributed by atoms with Crippen LogP contribution in [0.4, 0.5) is 5.82 Å². The minimum absolute atomic E-state index is 0.140. The standard InChI is InChI=1S/C19H18N6O2/c1-25-7-5-16(24-25)23-17(26)9-13-11-22-18-15(13)8-12(10-21-18)14-4-3-6-20-19(14)27-2/h3-8,10-11H,9H2,1-2H3,(H,21,22)(H,23,24,26). The summed E-state index contributed by atoms with van der Waals surface area (Å²) in [6.07, 6.45) is 7.23. The van der Waals surface area contributed by atoms with Crippen LogP contribution < -0.4 is 10.1 Å². The third-order valence-electron chi connectivity index (χ3n) is 4.22. The van der Waals surface area contributed by atoms with Crippen LogP contribution in [0.1, 0.15) is 5.56 Å². The molecule has 0 unspecified atom stereocenters. The van der Waals surface area contributed by atoms with Crippen molar-refractivity contribution in [1.82, 2.24) is 24.7 Å². The zero-order chi connectivity index (χ0) is 18.8. The summed E-state index contributed by atoms with van der Waals surface area (Å²) in [5.74, 6) is 0.920. The Morgan fingerprint density at radius 2 is 2.22 bits per heavy atom. The molecule has 0 saturated heterocycles. The SMILES string of the molecule is COc1ncccc1-c1cnc2[nH]cc(CC(=O)Nc3ccn(C)n3)c2c1. The molecule has 1 amide bonds. The number of aromatic nitrogens is 5. The Balaban J connectivity index is 1.63. The first-order chi connectivity index (χ1) is 13.1. The molecule has 8 heteroatoms. The second-order valence-electron chi connectivity index (χ2n) is 6.09. The van der Waals surface area contributed by atoms with Gasteiger partial charge < -0.3 is 15.0 Å². The molecule has 4 heterocycles. The molecule has 4 aromatic rings. The van der Waals surface area contributed by atoms with Gasteiger partial charge in [0.15, 0.2) is 5.82 Å². The van der Waals surface area contributed by atoms with E-state index in [2.05, 4.69) is 25.4 Å². The minimum atomic E-state index is -0.140. The molecule has 0 saturated carbocycles. The molecule has 0 aliphatic carbocycles. The molecule has 0 aliphatic rings. The van der Waals surface area contributed by atoms with Crippen LogP contribution in [0, 0.1) is 0 Å². The predicted molar refractivity (Wildman–Crippen MR) is 101 cm³/mol. The second kappa shape index (κ2) is 6.91. The number of aryl methyl sites for hydroxylation is 1. The fourth-order valence-electron chi connectivity index (χ4n) is 2.97. The molecular formula is C19H18N6O2. The monoisotopic (exact) mass is 362 g/mol. The number of nitrogens with one attached hydrogen (secondary N) is 2. The van der Waals surface area contributed by atoms with E-state index in [1.807, 2.05) is 18.2 Å². The topological polar surface area (TPSA) is 97.7 Å². The zero-order valence-corrected chi connectivity index (χ0v) is 14.9. The van der Waals surface area contributed by atoms with E-state index in [9.17, 15) is 4.79 Å². The second-order valence-corrected chi connectivity index (χ2v) is 6.09. The highest BCUT2D eigenvalue weighted by atomic mass is 16.5. The summed E-state index contributed by atoms with van der Waals surface area (Å²) < 4.78 is 6.97. The number of carbonyl (C=O) groups excluding carboxylic acids is 1. The van der Waals surface area contributed by atoms with Gasteiger partial charge in [0, 0.05) is 54.4 Å². The van der Waals surface area contributed by atoms with Gasteiger partial charge in [-0.3, -0.25) is 9.48 Å². The van der Waals surface area contributed by atoms with Gasteiger partial charge in [0.25, 0.3) is 0 Å². The number of fused-ring (bicyclic) bond motifs is 1. The first kappa shape index (κ1) is 16.8. The van der Waals surface area contributed by atoms with Crippen LogP contribution in [-0.2, 0) is 18.3 Å². The summed E-state index contributed by atoms with van der Waals surface area (Å²) in [5.41, 5.74) is 3.30. The van der Waals surface area contributed by atoms with Crippen molar-refractivity contribution in [3.05, 3.63) is 54.6 Å². The van der Waals surface area contributed by atoms with E-state index in [1.165, 1.54) is 0 Å². The summed E-state index contributed by atoms with van der Waals surface area (Å²) in [6.45, 7) is 0. The van der Waals surface area contributed by atoms with Crippen molar-refractivity contribution in [2.24, 2.45) is 7.05 Å². The Bertz CT molecular complexity index is 1110. The molecular weight excluding hydrogens is 344 g/mol. The lowest BCUT2D eigenvalue weighted by atomic mass is 10.1. The van der Waals surface area contributed by atoms with E-state index < -0.39 is 0 Å². The molecule has 136 valence electrons. The highest BCUT2D eigenvalue weighted by Gasteiger charge is 2.13. The smallest absolute Gasteiger partial charge is 0.230 e. The fraction of sp³-hybridized carbons (Fsp3) is 0.158. The third-order valence-corrected chi connectivity index (χ3v) is 4.22. The predicted octanol–water partition coefficient (Wildman–Crippen LogP) is 2.55. The van der Waals surface area contributed by atoms with Gasteiger partial charge in [-0.1, -0.05) is 0 Å². The van der Waals surface area contributed by atoms with Crippen LogP contribution >= 0.6 is 0 Å². The first-order valence-electron chi connectivity index (χ1n) is 8.39. The van der Waals surface area contributed by atoms with Gasteiger partial charge in [-0.05, 0) is 23.8 Å². The molecule has 2 N–H and O–H groups in total. The molecule has 0 atom stereocenters. The maximum Gasteiger partial charge on any atom is 0.230 e. The van der Waals surface area contributed by atoms with Gasteiger partial charge in [0.05, 0.1) is 13.5 Å². The minimum Gasteiger partial charge on any atom is -0.481 e. The van der Waals surface area contributed by atoms with Crippen LogP contribution in [0.25, 0.3) is 22.2 Å². The number of amides is 1. The lowest BCUT2D eigenvalue weighted by molar-refractivity contribution is -0.115. The number of rotatable bonds is 5. The van der Waals surface area contributed by atoms with Crippen LogP contribution in [0.5, 0.6) is 5.88 Å². The largest absolute Gasteiger partial charge is 0.481 e. The van der Waals surface area contributed by atoms with Crippen molar-refractivity contribution in [3.63, 3.8) is 0 Å². The number of H-pyrrole nitrogens is 1. The normalized spacial score (nSPS) is 10.9. The molecule has 0 aliphatic heterocycles. The number of carbonyl (C=O) groups is 1. The molecule has 4 rings (SSSR count). The molecule has 27 heavy (non-hydrogen) atoms. The summed E-state index contributed by atoms with van der Waals surface area (Å²) in [5, 5.41) is 7.84. The highest BCUT2D eigenvalue weighted by molar-refractivity contribution is 5.95. The summed E-state index contributed by atoms with van der Waals surface area (Å²) in [4.78, 5) is 24.2. The number of nitrogens with zero attached hydrogens (tertiary/aromatic N) is 4. The van der Waals surface area contributed by atoms with Gasteiger partial charge in [-0.25, -0.2) is 9.97 Å². The van der Waals surface area contributed by atoms with E-state index in [-0.39, 0.29) is 12.3 Å². The van der Waals surface area contributed by atoms with Gasteiger partial charge in [-0.2, -0.15) is 5.10 Å². The molecule has 0 bridgehead atoms. The lowest BCUT2D eigenvalue weighted by Crippen LogP contribution is -2.14. The Hall–Kier alpha value is -3.68. The van der Waals surface area contributed by atoms with Crippen molar-refractivity contribution in [2.75, 3.05) is 12.4 Å². The molecule has 0 radical (unpaired) electrons. The number of aromatic amines is 1. The quantitative estimate of drug-likeness (QED) is 0.569. The Labute approximate surface area is 155 Å². The van der Waals surface area contributed by atoms with Crippen LogP contribution in [-0.4, -0.2) is 37.7 Å². The Morgan fingerprint density at radius 3 is 3.00 bits per heavy atom. The van der Waals surface area contributed by atoms with Gasteiger partial charge >= 0.3 is 0 Å². The molecule has 4 aromatic heterocycles. The van der Waals surface area contributed by atoms with E-state index in [4.69, 9.17) is 4.74 Å². The zero-order valence-electron chi connectivity index (χ0n) is 14.9. The molecule has 8 nitrogen and oxygen atoms in total. The summed E-state index contributed by atoms with van der Waals surface area (Å²) in [7, 11) is 3.39. The van der Waals surface area contributed by atoms with Crippen molar-refractivity contribution >= 4 is 22.8 Å². The number of pyridine rings is 2. The van der Waals surface area contributed by atoms with Crippen LogP contribution in [0.15, 0.2) is 49.1 Å². The maximum absolute atomic E-state index is 12.4. The number of anilines is 1. The van der Waals surface area contributed by atoms with E-state index in [1.54, 1.807) is 49.7 Å². The van der Waals surface area contributed by atoms with E-state index in [0.717, 1.165) is 27.7 Å². The van der Waals surface area contributed by atoms with Crippen molar-refractivity contribution < 1.29 is 9.53 Å². The first-order valence-corrected chi connectivity index (χ1v) is 8.39. The number of methoxy groups -OCH3 is 1. The average molecular weight is 362 g/mol. The van der Waals surface area contributed by atoms with E-state index in [0.29, 0.717) is 11.7 Å². The Kier molecular flexibility index (Phi) is 4.29. The van der Waals surface area contributed by atoms with Crippen molar-refractivity contribution in [2.45, 2.75) is 6.42 Å². The Morgan fingerprint density at radius 1 is 1.33 bits per heavy atom. The number of hydrogen-bond acceptors (Lipinski definition) is 5. The average Bonchev–Trinajstić information content (AvgIpc) is 3.27. The van der Waals surface area contributed by atoms with Crippen LogP contribution in [0.2, 0.25) is 0 Å². The summed E-state index contributed by atoms with van der Waals surface area (Å²) >= 11 is 0. The van der Waals surface area contributed by atoms with Gasteiger partial charge in [0.1, 0.15) is 5.65 Å². The fourth-order valence-corrected chi connectivity index (χ4v) is 2.97. The van der Waals surface area contributed by atoms with Crippen molar-refractivity contribution in [1.29, 1.82) is 0 Å². The molecule has 0 spiro atoms. The van der Waals surface area contributed by atoms with Crippen molar-refractivity contribution in [3.8, 4) is 17.0 Å². The number of ether oxygens (including phenoxy) is 1. The highest BCUT2D eigenvalue weighted by Crippen LogP contribution is 2.30. The lowest BCUT2D eigenvalue weighted by Gasteiger charge is -2.07. The summed E-state index contributed by atoms with van der Waals surface area (Å²) in [6, 6.07) is 7.51. The molecule has 0 fully saturated rings. The number of hydrogen-bond donors (Lipinski definition) is 2. The maximum atomic E-state index is 12.4.